The van der Waals surface area contributed by atoms with Crippen molar-refractivity contribution >= 4 is 5.78 Å². The predicted molar refractivity (Wildman–Crippen MR) is 94.9 cm³/mol. The van der Waals surface area contributed by atoms with Crippen molar-refractivity contribution < 1.29 is 4.79 Å². The summed E-state index contributed by atoms with van der Waals surface area (Å²) in [5.41, 5.74) is 0.960. The second kappa shape index (κ2) is 7.05. The fourth-order valence-corrected chi connectivity index (χ4v) is 6.09. The molecule has 1 nitrogen and oxygen atoms in total. The van der Waals surface area contributed by atoms with Crippen molar-refractivity contribution in [3.05, 3.63) is 0 Å². The van der Waals surface area contributed by atoms with E-state index in [2.05, 4.69) is 13.8 Å². The summed E-state index contributed by atoms with van der Waals surface area (Å²) in [6.07, 6.45) is 13.8. The first-order valence-electron chi connectivity index (χ1n) is 9.96. The van der Waals surface area contributed by atoms with Crippen molar-refractivity contribution in [1.82, 2.24) is 0 Å². The van der Waals surface area contributed by atoms with Crippen LogP contribution in [0.5, 0.6) is 0 Å². The average molecular weight is 307 g/mol. The highest BCUT2D eigenvalue weighted by Crippen LogP contribution is 2.60. The Kier molecular flexibility index (Phi) is 5.78. The maximum atomic E-state index is 12.0. The first-order chi connectivity index (χ1) is 10.5. The van der Waals surface area contributed by atoms with Crippen LogP contribution in [0.2, 0.25) is 0 Å². The summed E-state index contributed by atoms with van der Waals surface area (Å²) in [6, 6.07) is 0. The third-order valence-electron chi connectivity index (χ3n) is 7.61. The zero-order chi connectivity index (χ0) is 16.4. The molecule has 128 valence electrons. The van der Waals surface area contributed by atoms with Gasteiger partial charge in [0.25, 0.3) is 0 Å². The van der Waals surface area contributed by atoms with E-state index in [1.54, 1.807) is 0 Å². The van der Waals surface area contributed by atoms with E-state index in [-0.39, 0.29) is 0 Å². The molecular formula is C21H38O. The lowest BCUT2D eigenvalue weighted by atomic mass is 9.55. The van der Waals surface area contributed by atoms with Crippen LogP contribution in [-0.2, 0) is 4.79 Å². The average Bonchev–Trinajstić information content (AvgIpc) is 2.86. The van der Waals surface area contributed by atoms with E-state index in [0.29, 0.717) is 22.5 Å². The summed E-state index contributed by atoms with van der Waals surface area (Å²) >= 11 is 0. The minimum Gasteiger partial charge on any atom is -0.300 e. The molecule has 0 bridgehead atoms. The molecule has 3 aliphatic rings. The van der Waals surface area contributed by atoms with Gasteiger partial charge in [-0.05, 0) is 74.5 Å². The lowest BCUT2D eigenvalue weighted by Gasteiger charge is -2.50. The van der Waals surface area contributed by atoms with Crippen LogP contribution in [0.3, 0.4) is 0 Å². The van der Waals surface area contributed by atoms with Gasteiger partial charge in [0, 0.05) is 5.92 Å². The molecule has 0 amide bonds. The molecule has 0 aromatic heterocycles. The van der Waals surface area contributed by atoms with E-state index in [1.807, 2.05) is 20.8 Å². The summed E-state index contributed by atoms with van der Waals surface area (Å²) in [5.74, 6) is 2.59. The van der Waals surface area contributed by atoms with Crippen LogP contribution in [0.15, 0.2) is 0 Å². The van der Waals surface area contributed by atoms with Crippen molar-refractivity contribution in [1.29, 1.82) is 0 Å². The van der Waals surface area contributed by atoms with Gasteiger partial charge in [-0.1, -0.05) is 47.0 Å². The molecule has 0 aliphatic heterocycles. The lowest BCUT2D eigenvalue weighted by Crippen LogP contribution is -2.42. The number of carbonyl (C=O) groups excluding carboxylic acids is 1. The van der Waals surface area contributed by atoms with Crippen molar-refractivity contribution in [3.8, 4) is 0 Å². The molecule has 0 heterocycles. The van der Waals surface area contributed by atoms with Crippen molar-refractivity contribution in [2.24, 2.45) is 28.6 Å². The number of ketones is 1. The zero-order valence-corrected chi connectivity index (χ0v) is 15.7. The van der Waals surface area contributed by atoms with Gasteiger partial charge in [0.15, 0.2) is 0 Å². The lowest BCUT2D eigenvalue weighted by molar-refractivity contribution is -0.125. The Morgan fingerprint density at radius 3 is 2.09 bits per heavy atom. The van der Waals surface area contributed by atoms with Gasteiger partial charge in [-0.3, -0.25) is 4.79 Å². The van der Waals surface area contributed by atoms with Crippen LogP contribution in [0, 0.1) is 28.6 Å². The highest BCUT2D eigenvalue weighted by Gasteiger charge is 2.53. The summed E-state index contributed by atoms with van der Waals surface area (Å²) in [6.45, 7) is 10.8. The standard InChI is InChI=1S/C19H32O.C2H6/c1-14(20)17-8-7-16-13-15(9-12-19(16,17)3)18(2)10-5-4-6-11-18;1-2/h15-17H,4-13H2,1-3H3;1-2H3. The van der Waals surface area contributed by atoms with Gasteiger partial charge in [0.05, 0.1) is 0 Å². The number of hydrogen-bond donors (Lipinski definition) is 0. The van der Waals surface area contributed by atoms with Crippen LogP contribution in [0.4, 0.5) is 0 Å². The number of carbonyl (C=O) groups is 1. The van der Waals surface area contributed by atoms with Crippen molar-refractivity contribution in [2.45, 2.75) is 98.8 Å². The van der Waals surface area contributed by atoms with Crippen LogP contribution in [0.25, 0.3) is 0 Å². The quantitative estimate of drug-likeness (QED) is 0.576. The zero-order valence-electron chi connectivity index (χ0n) is 15.7. The summed E-state index contributed by atoms with van der Waals surface area (Å²) in [7, 11) is 0. The maximum absolute atomic E-state index is 12.0. The van der Waals surface area contributed by atoms with Crippen molar-refractivity contribution in [2.75, 3.05) is 0 Å². The molecule has 0 spiro atoms. The first-order valence-corrected chi connectivity index (χ1v) is 9.96. The predicted octanol–water partition coefficient (Wildman–Crippen LogP) is 6.40. The molecular weight excluding hydrogens is 268 g/mol. The molecule has 0 radical (unpaired) electrons. The second-order valence-corrected chi connectivity index (χ2v) is 8.63. The van der Waals surface area contributed by atoms with Crippen LogP contribution in [-0.4, -0.2) is 5.78 Å². The van der Waals surface area contributed by atoms with Gasteiger partial charge in [-0.15, -0.1) is 0 Å². The van der Waals surface area contributed by atoms with Gasteiger partial charge in [-0.25, -0.2) is 0 Å². The number of fused-ring (bicyclic) bond motifs is 1. The molecule has 22 heavy (non-hydrogen) atoms. The Labute approximate surface area is 138 Å². The summed E-state index contributed by atoms with van der Waals surface area (Å²) in [5, 5.41) is 0. The fourth-order valence-electron chi connectivity index (χ4n) is 6.09. The van der Waals surface area contributed by atoms with E-state index in [1.165, 1.54) is 64.2 Å². The summed E-state index contributed by atoms with van der Waals surface area (Å²) in [4.78, 5) is 12.0. The van der Waals surface area contributed by atoms with Crippen LogP contribution >= 0.6 is 0 Å². The highest BCUT2D eigenvalue weighted by molar-refractivity contribution is 5.79. The Morgan fingerprint density at radius 2 is 1.50 bits per heavy atom. The van der Waals surface area contributed by atoms with Crippen LogP contribution in [0.1, 0.15) is 98.8 Å². The fraction of sp³-hybridized carbons (Fsp3) is 0.952. The molecule has 3 fully saturated rings. The van der Waals surface area contributed by atoms with E-state index >= 15 is 0 Å². The minimum atomic E-state index is 0.341. The molecule has 1 heteroatoms. The second-order valence-electron chi connectivity index (χ2n) is 8.63. The molecule has 0 aromatic carbocycles. The Morgan fingerprint density at radius 1 is 0.864 bits per heavy atom. The molecule has 0 aromatic rings. The van der Waals surface area contributed by atoms with Crippen LogP contribution < -0.4 is 0 Å². The molecule has 0 saturated heterocycles. The van der Waals surface area contributed by atoms with Gasteiger partial charge < -0.3 is 0 Å². The van der Waals surface area contributed by atoms with Crippen molar-refractivity contribution in [3.63, 3.8) is 0 Å². The first kappa shape index (κ1) is 18.0. The molecule has 3 aliphatic carbocycles. The third-order valence-corrected chi connectivity index (χ3v) is 7.61. The Balaban J connectivity index is 0.000000847. The molecule has 3 rings (SSSR count). The normalized spacial score (nSPS) is 40.3. The largest absolute Gasteiger partial charge is 0.300 e. The molecule has 3 saturated carbocycles. The molecule has 4 atom stereocenters. The minimum absolute atomic E-state index is 0.341. The smallest absolute Gasteiger partial charge is 0.133 e. The SMILES string of the molecule is CC.CC(=O)C1CCC2CC(C3(C)CCCCC3)CCC21C. The number of hydrogen-bond acceptors (Lipinski definition) is 1. The monoisotopic (exact) mass is 306 g/mol. The maximum Gasteiger partial charge on any atom is 0.133 e. The van der Waals surface area contributed by atoms with Gasteiger partial charge >= 0.3 is 0 Å². The molecule has 4 unspecified atom stereocenters. The van der Waals surface area contributed by atoms with E-state index in [9.17, 15) is 4.79 Å². The van der Waals surface area contributed by atoms with E-state index < -0.39 is 0 Å². The van der Waals surface area contributed by atoms with Gasteiger partial charge in [0.2, 0.25) is 0 Å². The molecule has 0 N–H and O–H groups in total. The highest BCUT2D eigenvalue weighted by atomic mass is 16.1. The topological polar surface area (TPSA) is 17.1 Å². The van der Waals surface area contributed by atoms with E-state index in [0.717, 1.165) is 11.8 Å². The number of Topliss-reactive ketones (excluding diaryl/α,β-unsaturated/α-hetero) is 1. The Bertz CT molecular complexity index is 379. The summed E-state index contributed by atoms with van der Waals surface area (Å²) < 4.78 is 0. The number of rotatable bonds is 2. The Hall–Kier alpha value is -0.330. The van der Waals surface area contributed by atoms with E-state index in [4.69, 9.17) is 0 Å². The van der Waals surface area contributed by atoms with Gasteiger partial charge in [-0.2, -0.15) is 0 Å². The van der Waals surface area contributed by atoms with Gasteiger partial charge in [0.1, 0.15) is 5.78 Å². The third kappa shape index (κ3) is 3.15.